The topological polar surface area (TPSA) is 77.2 Å². The van der Waals surface area contributed by atoms with Gasteiger partial charge in [0.05, 0.1) is 0 Å². The van der Waals surface area contributed by atoms with E-state index in [1.165, 1.54) is 0 Å². The molecule has 0 saturated heterocycles. The first-order valence-corrected chi connectivity index (χ1v) is 6.37. The summed E-state index contributed by atoms with van der Waals surface area (Å²) in [5, 5.41) is 0. The molecule has 0 spiro atoms. The van der Waals surface area contributed by atoms with Crippen LogP contribution in [0.5, 0.6) is 6.01 Å². The van der Waals surface area contributed by atoms with Gasteiger partial charge in [-0.15, -0.1) is 0 Å². The Labute approximate surface area is 109 Å². The molecule has 0 aliphatic heterocycles. The minimum absolute atomic E-state index is 0.189. The fourth-order valence-electron chi connectivity index (χ4n) is 1.37. The molecular weight excluding hydrogens is 230 g/mol. The third-order valence-corrected chi connectivity index (χ3v) is 2.89. The van der Waals surface area contributed by atoms with Crippen LogP contribution in [0.1, 0.15) is 41.0 Å². The van der Waals surface area contributed by atoms with E-state index in [0.717, 1.165) is 19.5 Å². The molecule has 0 aromatic carbocycles. The van der Waals surface area contributed by atoms with Crippen molar-refractivity contribution >= 4 is 11.9 Å². The smallest absolute Gasteiger partial charge is 0.323 e. The summed E-state index contributed by atoms with van der Waals surface area (Å²) in [6, 6.07) is 0.288. The molecule has 0 atom stereocenters. The van der Waals surface area contributed by atoms with Crippen molar-refractivity contribution in [3.63, 3.8) is 0 Å². The van der Waals surface area contributed by atoms with Crippen molar-refractivity contribution < 1.29 is 4.74 Å². The highest BCUT2D eigenvalue weighted by Crippen LogP contribution is 2.19. The van der Waals surface area contributed by atoms with E-state index in [1.807, 2.05) is 32.6 Å². The number of nitrogens with two attached hydrogens (primary N) is 1. The Morgan fingerprint density at radius 3 is 2.22 bits per heavy atom. The Morgan fingerprint density at radius 1 is 1.11 bits per heavy atom. The zero-order chi connectivity index (χ0) is 13.8. The van der Waals surface area contributed by atoms with Gasteiger partial charge in [-0.1, -0.05) is 6.92 Å². The van der Waals surface area contributed by atoms with Crippen LogP contribution in [-0.2, 0) is 0 Å². The lowest BCUT2D eigenvalue weighted by atomic mass is 10.1. The third-order valence-electron chi connectivity index (χ3n) is 2.89. The lowest BCUT2D eigenvalue weighted by Crippen LogP contribution is -2.29. The van der Waals surface area contributed by atoms with Crippen LogP contribution in [0, 0.1) is 0 Å². The maximum Gasteiger partial charge on any atom is 0.323 e. The Balaban J connectivity index is 3.00. The molecule has 0 unspecified atom stereocenters. The van der Waals surface area contributed by atoms with Crippen LogP contribution in [-0.4, -0.2) is 33.6 Å². The van der Waals surface area contributed by atoms with E-state index in [0.29, 0.717) is 5.95 Å². The average Bonchev–Trinajstić information content (AvgIpc) is 2.29. The van der Waals surface area contributed by atoms with E-state index in [4.69, 9.17) is 10.5 Å². The molecule has 6 nitrogen and oxygen atoms in total. The summed E-state index contributed by atoms with van der Waals surface area (Å²) in [5.74, 6) is 0.753. The van der Waals surface area contributed by atoms with Gasteiger partial charge in [0.2, 0.25) is 11.9 Å². The minimum atomic E-state index is -0.311. The molecule has 0 aliphatic carbocycles. The van der Waals surface area contributed by atoms with Crippen molar-refractivity contribution in [3.05, 3.63) is 0 Å². The lowest BCUT2D eigenvalue weighted by molar-refractivity contribution is 0.0925. The molecule has 18 heavy (non-hydrogen) atoms. The number of nitrogens with zero attached hydrogens (tertiary/aromatic N) is 4. The summed E-state index contributed by atoms with van der Waals surface area (Å²) >= 11 is 0. The number of nitrogen functional groups attached to an aromatic ring is 1. The first-order valence-electron chi connectivity index (χ1n) is 6.37. The predicted octanol–water partition coefficient (Wildman–Crippen LogP) is 1.87. The van der Waals surface area contributed by atoms with E-state index in [1.54, 1.807) is 0 Å². The molecule has 0 aliphatic rings. The second-order valence-electron chi connectivity index (χ2n) is 4.66. The van der Waals surface area contributed by atoms with Gasteiger partial charge in [-0.3, -0.25) is 0 Å². The van der Waals surface area contributed by atoms with Crippen LogP contribution in [0.15, 0.2) is 0 Å². The highest BCUT2D eigenvalue weighted by molar-refractivity contribution is 5.35. The lowest BCUT2D eigenvalue weighted by Gasteiger charge is -2.24. The van der Waals surface area contributed by atoms with E-state index >= 15 is 0 Å². The number of rotatable bonds is 6. The second kappa shape index (κ2) is 5.84. The van der Waals surface area contributed by atoms with Gasteiger partial charge in [-0.25, -0.2) is 0 Å². The molecule has 6 heteroatoms. The number of hydrogen-bond donors (Lipinski definition) is 1. The van der Waals surface area contributed by atoms with E-state index in [9.17, 15) is 0 Å². The molecule has 0 amide bonds. The SMILES string of the molecule is CCN(CC)c1nc(N)nc(OC(C)(C)CC)n1. The average molecular weight is 253 g/mol. The summed E-state index contributed by atoms with van der Waals surface area (Å²) in [7, 11) is 0. The first-order chi connectivity index (χ1) is 8.41. The fourth-order valence-corrected chi connectivity index (χ4v) is 1.37. The summed E-state index contributed by atoms with van der Waals surface area (Å²) in [6.45, 7) is 11.7. The standard InChI is InChI=1S/C12H23N5O/c1-6-12(4,5)18-11-15-9(13)14-10(16-11)17(7-2)8-3/h6-8H2,1-5H3,(H2,13,14,15,16). The van der Waals surface area contributed by atoms with E-state index in [-0.39, 0.29) is 17.6 Å². The van der Waals surface area contributed by atoms with Gasteiger partial charge in [0.1, 0.15) is 5.60 Å². The minimum Gasteiger partial charge on any atom is -0.457 e. The molecule has 1 aromatic heterocycles. The highest BCUT2D eigenvalue weighted by Gasteiger charge is 2.20. The zero-order valence-electron chi connectivity index (χ0n) is 11.9. The number of anilines is 2. The fraction of sp³-hybridized carbons (Fsp3) is 0.750. The number of ether oxygens (including phenoxy) is 1. The van der Waals surface area contributed by atoms with Gasteiger partial charge in [0.15, 0.2) is 0 Å². The molecule has 0 bridgehead atoms. The van der Waals surface area contributed by atoms with E-state index < -0.39 is 0 Å². The largest absolute Gasteiger partial charge is 0.457 e. The Morgan fingerprint density at radius 2 is 1.72 bits per heavy atom. The summed E-state index contributed by atoms with van der Waals surface area (Å²) in [4.78, 5) is 14.5. The summed E-state index contributed by atoms with van der Waals surface area (Å²) in [5.41, 5.74) is 5.39. The third kappa shape index (κ3) is 3.72. The Hall–Kier alpha value is -1.59. The Kier molecular flexibility index (Phi) is 4.69. The van der Waals surface area contributed by atoms with Gasteiger partial charge in [0.25, 0.3) is 0 Å². The second-order valence-corrected chi connectivity index (χ2v) is 4.66. The molecule has 2 N–H and O–H groups in total. The molecule has 1 rings (SSSR count). The molecule has 1 heterocycles. The maximum absolute atomic E-state index is 5.74. The molecule has 0 radical (unpaired) electrons. The van der Waals surface area contributed by atoms with Crippen LogP contribution in [0.25, 0.3) is 0 Å². The van der Waals surface area contributed by atoms with Crippen LogP contribution < -0.4 is 15.4 Å². The quantitative estimate of drug-likeness (QED) is 0.834. The molecular formula is C12H23N5O. The monoisotopic (exact) mass is 253 g/mol. The number of hydrogen-bond acceptors (Lipinski definition) is 6. The van der Waals surface area contributed by atoms with Gasteiger partial charge in [0, 0.05) is 13.1 Å². The molecule has 0 saturated carbocycles. The van der Waals surface area contributed by atoms with Crippen LogP contribution >= 0.6 is 0 Å². The van der Waals surface area contributed by atoms with Crippen molar-refractivity contribution in [2.75, 3.05) is 23.7 Å². The molecule has 102 valence electrons. The summed E-state index contributed by atoms with van der Waals surface area (Å²) in [6.07, 6.45) is 0.860. The van der Waals surface area contributed by atoms with Crippen LogP contribution in [0.4, 0.5) is 11.9 Å². The van der Waals surface area contributed by atoms with Crippen LogP contribution in [0.3, 0.4) is 0 Å². The molecule has 0 fully saturated rings. The first kappa shape index (κ1) is 14.5. The van der Waals surface area contributed by atoms with Crippen molar-refractivity contribution in [1.82, 2.24) is 15.0 Å². The number of aromatic nitrogens is 3. The van der Waals surface area contributed by atoms with Crippen molar-refractivity contribution in [3.8, 4) is 6.01 Å². The van der Waals surface area contributed by atoms with Gasteiger partial charge < -0.3 is 15.4 Å². The van der Waals surface area contributed by atoms with E-state index in [2.05, 4.69) is 21.9 Å². The van der Waals surface area contributed by atoms with Gasteiger partial charge in [-0.05, 0) is 34.1 Å². The van der Waals surface area contributed by atoms with Gasteiger partial charge in [-0.2, -0.15) is 15.0 Å². The summed E-state index contributed by atoms with van der Waals surface area (Å²) < 4.78 is 5.74. The zero-order valence-corrected chi connectivity index (χ0v) is 11.9. The Bertz CT molecular complexity index is 390. The normalized spacial score (nSPS) is 11.4. The van der Waals surface area contributed by atoms with Gasteiger partial charge >= 0.3 is 6.01 Å². The highest BCUT2D eigenvalue weighted by atomic mass is 16.5. The maximum atomic E-state index is 5.74. The van der Waals surface area contributed by atoms with Crippen molar-refractivity contribution in [2.24, 2.45) is 0 Å². The van der Waals surface area contributed by atoms with Crippen LogP contribution in [0.2, 0.25) is 0 Å². The van der Waals surface area contributed by atoms with Crippen molar-refractivity contribution in [1.29, 1.82) is 0 Å². The molecule has 1 aromatic rings. The van der Waals surface area contributed by atoms with Crippen molar-refractivity contribution in [2.45, 2.75) is 46.6 Å². The predicted molar refractivity (Wildman–Crippen MR) is 72.8 cm³/mol.